The maximum atomic E-state index is 11.4. The number of fused-ring (bicyclic) bond motifs is 1. The molecule has 1 aromatic carbocycles. The second kappa shape index (κ2) is 5.33. The molecule has 0 fully saturated rings. The molecule has 0 radical (unpaired) electrons. The first kappa shape index (κ1) is 12.7. The molecule has 0 spiro atoms. The Kier molecular flexibility index (Phi) is 3.37. The van der Waals surface area contributed by atoms with Gasteiger partial charge in [-0.1, -0.05) is 18.2 Å². The van der Waals surface area contributed by atoms with Crippen molar-refractivity contribution in [1.29, 1.82) is 0 Å². The van der Waals surface area contributed by atoms with Crippen LogP contribution in [0.5, 0.6) is 11.6 Å². The smallest absolute Gasteiger partial charge is 0.341 e. The minimum absolute atomic E-state index is 0.134. The summed E-state index contributed by atoms with van der Waals surface area (Å²) in [6.07, 6.45) is 3.97. The standard InChI is InChI=1S/C16H15NO3/c18-16(19)13-10-11-6-4-5-9-14(11)17-15(13)20-12-7-2-1-3-8-12/h1-3,7-8,10H,4-6,9H2,(H,18,19). The summed E-state index contributed by atoms with van der Waals surface area (Å²) in [4.78, 5) is 15.8. The van der Waals surface area contributed by atoms with Crippen LogP contribution >= 0.6 is 0 Å². The fourth-order valence-electron chi connectivity index (χ4n) is 2.45. The van der Waals surface area contributed by atoms with Crippen molar-refractivity contribution in [2.24, 2.45) is 0 Å². The summed E-state index contributed by atoms with van der Waals surface area (Å²) in [5.74, 6) is -0.223. The Bertz CT molecular complexity index is 638. The molecule has 1 heterocycles. The first-order valence-corrected chi connectivity index (χ1v) is 6.73. The van der Waals surface area contributed by atoms with Gasteiger partial charge in [0.05, 0.1) is 0 Å². The summed E-state index contributed by atoms with van der Waals surface area (Å²) in [6, 6.07) is 10.8. The van der Waals surface area contributed by atoms with Crippen molar-refractivity contribution in [2.75, 3.05) is 0 Å². The quantitative estimate of drug-likeness (QED) is 0.927. The van der Waals surface area contributed by atoms with Crippen LogP contribution in [0.25, 0.3) is 0 Å². The lowest BCUT2D eigenvalue weighted by molar-refractivity contribution is 0.0693. The molecule has 0 unspecified atom stereocenters. The summed E-state index contributed by atoms with van der Waals surface area (Å²) < 4.78 is 5.64. The van der Waals surface area contributed by atoms with E-state index in [1.807, 2.05) is 18.2 Å². The summed E-state index contributed by atoms with van der Waals surface area (Å²) in [6.45, 7) is 0. The minimum atomic E-state index is -1.00. The van der Waals surface area contributed by atoms with Crippen LogP contribution in [0.1, 0.15) is 34.5 Å². The van der Waals surface area contributed by atoms with Crippen molar-refractivity contribution in [3.8, 4) is 11.6 Å². The van der Waals surface area contributed by atoms with E-state index < -0.39 is 5.97 Å². The average Bonchev–Trinajstić information content (AvgIpc) is 2.47. The molecule has 3 rings (SSSR count). The number of nitrogens with zero attached hydrogens (tertiary/aromatic N) is 1. The Morgan fingerprint density at radius 2 is 1.90 bits per heavy atom. The monoisotopic (exact) mass is 269 g/mol. The van der Waals surface area contributed by atoms with E-state index >= 15 is 0 Å². The van der Waals surface area contributed by atoms with Gasteiger partial charge in [0.25, 0.3) is 0 Å². The third-order valence-electron chi connectivity index (χ3n) is 3.45. The Labute approximate surface area is 117 Å². The first-order valence-electron chi connectivity index (χ1n) is 6.73. The van der Waals surface area contributed by atoms with Gasteiger partial charge in [-0.15, -0.1) is 0 Å². The fraction of sp³-hybridized carbons (Fsp3) is 0.250. The van der Waals surface area contributed by atoms with Gasteiger partial charge in [-0.3, -0.25) is 0 Å². The molecule has 2 aromatic rings. The van der Waals surface area contributed by atoms with Crippen LogP contribution in [0, 0.1) is 0 Å². The number of carboxylic acid groups (broad SMARTS) is 1. The van der Waals surface area contributed by atoms with Gasteiger partial charge in [0.2, 0.25) is 5.88 Å². The third kappa shape index (κ3) is 2.50. The number of para-hydroxylation sites is 1. The van der Waals surface area contributed by atoms with Crippen molar-refractivity contribution in [2.45, 2.75) is 25.7 Å². The highest BCUT2D eigenvalue weighted by Gasteiger charge is 2.20. The summed E-state index contributed by atoms with van der Waals surface area (Å²) in [5, 5.41) is 9.33. The number of carboxylic acids is 1. The van der Waals surface area contributed by atoms with Gasteiger partial charge in [-0.2, -0.15) is 0 Å². The normalized spacial score (nSPS) is 13.6. The van der Waals surface area contributed by atoms with E-state index in [9.17, 15) is 9.90 Å². The molecule has 1 aliphatic rings. The fourth-order valence-corrected chi connectivity index (χ4v) is 2.45. The molecule has 0 saturated heterocycles. The molecule has 0 atom stereocenters. The van der Waals surface area contributed by atoms with Gasteiger partial charge >= 0.3 is 5.97 Å². The van der Waals surface area contributed by atoms with Gasteiger partial charge in [-0.25, -0.2) is 9.78 Å². The number of ether oxygens (including phenoxy) is 1. The van der Waals surface area contributed by atoms with Crippen molar-refractivity contribution in [3.63, 3.8) is 0 Å². The lowest BCUT2D eigenvalue weighted by Crippen LogP contribution is -2.11. The lowest BCUT2D eigenvalue weighted by Gasteiger charge is -2.17. The molecule has 1 aliphatic carbocycles. The highest BCUT2D eigenvalue weighted by Crippen LogP contribution is 2.29. The van der Waals surface area contributed by atoms with Crippen molar-refractivity contribution in [1.82, 2.24) is 4.98 Å². The maximum absolute atomic E-state index is 11.4. The zero-order chi connectivity index (χ0) is 13.9. The number of aromatic nitrogens is 1. The predicted molar refractivity (Wildman–Crippen MR) is 74.4 cm³/mol. The number of hydrogen-bond donors (Lipinski definition) is 1. The Balaban J connectivity index is 2.02. The molecule has 0 bridgehead atoms. The van der Waals surface area contributed by atoms with E-state index in [4.69, 9.17) is 4.74 Å². The molecule has 1 aromatic heterocycles. The molecule has 4 nitrogen and oxygen atoms in total. The lowest BCUT2D eigenvalue weighted by atomic mass is 9.95. The van der Waals surface area contributed by atoms with Gasteiger partial charge in [0.15, 0.2) is 0 Å². The highest BCUT2D eigenvalue weighted by molar-refractivity contribution is 5.90. The van der Waals surface area contributed by atoms with Gasteiger partial charge in [-0.05, 0) is 49.4 Å². The Morgan fingerprint density at radius 3 is 2.65 bits per heavy atom. The minimum Gasteiger partial charge on any atom is -0.477 e. The van der Waals surface area contributed by atoms with Crippen molar-refractivity contribution >= 4 is 5.97 Å². The van der Waals surface area contributed by atoms with Crippen molar-refractivity contribution in [3.05, 3.63) is 53.2 Å². The maximum Gasteiger partial charge on any atom is 0.341 e. The SMILES string of the molecule is O=C(O)c1cc2c(nc1Oc1ccccc1)CCCC2. The predicted octanol–water partition coefficient (Wildman–Crippen LogP) is 3.45. The van der Waals surface area contributed by atoms with E-state index in [0.29, 0.717) is 5.75 Å². The summed E-state index contributed by atoms with van der Waals surface area (Å²) >= 11 is 0. The molecular weight excluding hydrogens is 254 g/mol. The van der Waals surface area contributed by atoms with E-state index in [-0.39, 0.29) is 11.4 Å². The molecule has 0 aliphatic heterocycles. The second-order valence-corrected chi connectivity index (χ2v) is 4.87. The molecule has 1 N–H and O–H groups in total. The van der Waals surface area contributed by atoms with Crippen LogP contribution in [0.3, 0.4) is 0 Å². The average molecular weight is 269 g/mol. The Hall–Kier alpha value is -2.36. The second-order valence-electron chi connectivity index (χ2n) is 4.87. The van der Waals surface area contributed by atoms with Gasteiger partial charge in [0, 0.05) is 5.69 Å². The van der Waals surface area contributed by atoms with E-state index in [1.54, 1.807) is 18.2 Å². The molecule has 0 amide bonds. The van der Waals surface area contributed by atoms with Crippen LogP contribution in [0.2, 0.25) is 0 Å². The van der Waals surface area contributed by atoms with Gasteiger partial charge in [0.1, 0.15) is 11.3 Å². The Morgan fingerprint density at radius 1 is 1.15 bits per heavy atom. The molecule has 0 saturated carbocycles. The zero-order valence-corrected chi connectivity index (χ0v) is 11.0. The number of carbonyl (C=O) groups is 1. The van der Waals surface area contributed by atoms with E-state index in [0.717, 1.165) is 36.9 Å². The van der Waals surface area contributed by atoms with Gasteiger partial charge < -0.3 is 9.84 Å². The first-order chi connectivity index (χ1) is 9.74. The number of rotatable bonds is 3. The molecule has 20 heavy (non-hydrogen) atoms. The molecule has 4 heteroatoms. The van der Waals surface area contributed by atoms with Crippen LogP contribution in [-0.4, -0.2) is 16.1 Å². The zero-order valence-electron chi connectivity index (χ0n) is 11.0. The van der Waals surface area contributed by atoms with E-state index in [1.165, 1.54) is 0 Å². The van der Waals surface area contributed by atoms with Crippen LogP contribution in [0.15, 0.2) is 36.4 Å². The number of aryl methyl sites for hydroxylation is 2. The third-order valence-corrected chi connectivity index (χ3v) is 3.45. The molecule has 102 valence electrons. The van der Waals surface area contributed by atoms with Crippen molar-refractivity contribution < 1.29 is 14.6 Å². The highest BCUT2D eigenvalue weighted by atomic mass is 16.5. The van der Waals surface area contributed by atoms with E-state index in [2.05, 4.69) is 4.98 Å². The topological polar surface area (TPSA) is 59.4 Å². The largest absolute Gasteiger partial charge is 0.477 e. The number of hydrogen-bond acceptors (Lipinski definition) is 3. The number of benzene rings is 1. The number of aromatic carboxylic acids is 1. The number of pyridine rings is 1. The summed E-state index contributed by atoms with van der Waals surface area (Å²) in [5.41, 5.74) is 2.13. The van der Waals surface area contributed by atoms with Crippen LogP contribution in [0.4, 0.5) is 0 Å². The molecular formula is C16H15NO3. The van der Waals surface area contributed by atoms with Crippen LogP contribution < -0.4 is 4.74 Å². The van der Waals surface area contributed by atoms with Crippen LogP contribution in [-0.2, 0) is 12.8 Å². The summed E-state index contributed by atoms with van der Waals surface area (Å²) in [7, 11) is 0.